The van der Waals surface area contributed by atoms with Crippen molar-refractivity contribution in [1.29, 1.82) is 0 Å². The van der Waals surface area contributed by atoms with E-state index in [4.69, 9.17) is 0 Å². The zero-order chi connectivity index (χ0) is 14.2. The topological polar surface area (TPSA) is 20.2 Å². The number of benzene rings is 1. The summed E-state index contributed by atoms with van der Waals surface area (Å²) in [7, 11) is 2.18. The van der Waals surface area contributed by atoms with Crippen LogP contribution in [0.2, 0.25) is 0 Å². The second kappa shape index (κ2) is 5.47. The number of rotatable bonds is 4. The van der Waals surface area contributed by atoms with E-state index in [0.717, 1.165) is 19.0 Å². The lowest BCUT2D eigenvalue weighted by Crippen LogP contribution is -2.45. The van der Waals surface area contributed by atoms with Crippen LogP contribution in [0, 0.1) is 5.92 Å². The van der Waals surface area contributed by atoms with Gasteiger partial charge in [-0.25, -0.2) is 0 Å². The smallest absolute Gasteiger partial charge is 0.0481 e. The van der Waals surface area contributed by atoms with Crippen molar-refractivity contribution in [3.05, 3.63) is 36.0 Å². The van der Waals surface area contributed by atoms with Crippen LogP contribution in [0.5, 0.6) is 0 Å². The van der Waals surface area contributed by atoms with Crippen LogP contribution in [-0.4, -0.2) is 35.6 Å². The van der Waals surface area contributed by atoms with Gasteiger partial charge in [-0.15, -0.1) is 0 Å². The minimum Gasteiger partial charge on any atom is -0.350 e. The molecule has 1 saturated heterocycles. The Labute approximate surface area is 126 Å². The van der Waals surface area contributed by atoms with Crippen molar-refractivity contribution in [2.75, 3.05) is 26.2 Å². The molecule has 0 amide bonds. The molecular formula is C18H25N3. The molecule has 1 saturated carbocycles. The van der Waals surface area contributed by atoms with E-state index in [2.05, 4.69) is 52.3 Å². The Morgan fingerprint density at radius 1 is 1.19 bits per heavy atom. The fourth-order valence-electron chi connectivity index (χ4n) is 3.77. The first-order valence-electron chi connectivity index (χ1n) is 8.31. The van der Waals surface area contributed by atoms with Gasteiger partial charge < -0.3 is 9.88 Å². The molecule has 1 aliphatic carbocycles. The average molecular weight is 283 g/mol. The first kappa shape index (κ1) is 13.4. The number of fused-ring (bicyclic) bond motifs is 1. The first-order valence-corrected chi connectivity index (χ1v) is 8.31. The van der Waals surface area contributed by atoms with E-state index in [1.807, 2.05) is 0 Å². The normalized spacial score (nSPS) is 21.8. The third-order valence-corrected chi connectivity index (χ3v) is 5.13. The predicted octanol–water partition coefficient (Wildman–Crippen LogP) is 2.92. The number of aryl methyl sites for hydroxylation is 1. The summed E-state index contributed by atoms with van der Waals surface area (Å²) >= 11 is 0. The van der Waals surface area contributed by atoms with Gasteiger partial charge in [-0.2, -0.15) is 0 Å². The number of para-hydroxylation sites is 1. The van der Waals surface area contributed by atoms with Crippen molar-refractivity contribution >= 4 is 10.9 Å². The lowest BCUT2D eigenvalue weighted by molar-refractivity contribution is 0.161. The molecular weight excluding hydrogens is 258 g/mol. The van der Waals surface area contributed by atoms with E-state index in [-0.39, 0.29) is 0 Å². The van der Waals surface area contributed by atoms with Crippen LogP contribution in [0.4, 0.5) is 0 Å². The highest BCUT2D eigenvalue weighted by atomic mass is 15.2. The molecule has 1 aromatic carbocycles. The number of aromatic nitrogens is 1. The monoisotopic (exact) mass is 283 g/mol. The molecule has 1 N–H and O–H groups in total. The molecule has 2 fully saturated rings. The van der Waals surface area contributed by atoms with E-state index in [1.165, 1.54) is 43.3 Å². The summed E-state index contributed by atoms with van der Waals surface area (Å²) in [6.45, 7) is 4.62. The predicted molar refractivity (Wildman–Crippen MR) is 87.4 cm³/mol. The first-order chi connectivity index (χ1) is 10.3. The summed E-state index contributed by atoms with van der Waals surface area (Å²) in [5.74, 6) is 0.962. The third kappa shape index (κ3) is 2.60. The number of hydrogen-bond donors (Lipinski definition) is 1. The quantitative estimate of drug-likeness (QED) is 0.931. The van der Waals surface area contributed by atoms with Gasteiger partial charge in [-0.1, -0.05) is 31.0 Å². The van der Waals surface area contributed by atoms with E-state index >= 15 is 0 Å². The van der Waals surface area contributed by atoms with Crippen LogP contribution >= 0.6 is 0 Å². The number of nitrogens with one attached hydrogen (secondary N) is 1. The van der Waals surface area contributed by atoms with Gasteiger partial charge in [0.15, 0.2) is 0 Å². The molecule has 2 aliphatic rings. The summed E-state index contributed by atoms with van der Waals surface area (Å²) in [6, 6.07) is 9.47. The van der Waals surface area contributed by atoms with Crippen LogP contribution in [0.15, 0.2) is 30.5 Å². The van der Waals surface area contributed by atoms with E-state index in [9.17, 15) is 0 Å². The Morgan fingerprint density at radius 2 is 1.95 bits per heavy atom. The van der Waals surface area contributed by atoms with Gasteiger partial charge in [-0.3, -0.25) is 4.90 Å². The van der Waals surface area contributed by atoms with Gasteiger partial charge >= 0.3 is 0 Å². The molecule has 3 heteroatoms. The molecule has 3 nitrogen and oxygen atoms in total. The second-order valence-electron chi connectivity index (χ2n) is 6.69. The Morgan fingerprint density at radius 3 is 2.71 bits per heavy atom. The molecule has 0 spiro atoms. The maximum atomic E-state index is 3.49. The van der Waals surface area contributed by atoms with Crippen LogP contribution in [0.3, 0.4) is 0 Å². The Kier molecular flexibility index (Phi) is 3.48. The molecule has 2 heterocycles. The summed E-state index contributed by atoms with van der Waals surface area (Å²) in [5, 5.41) is 4.93. The van der Waals surface area contributed by atoms with Crippen molar-refractivity contribution in [3.63, 3.8) is 0 Å². The fourth-order valence-corrected chi connectivity index (χ4v) is 3.77. The largest absolute Gasteiger partial charge is 0.350 e. The van der Waals surface area contributed by atoms with Crippen molar-refractivity contribution < 1.29 is 0 Å². The summed E-state index contributed by atoms with van der Waals surface area (Å²) in [4.78, 5) is 2.70. The van der Waals surface area contributed by atoms with Crippen molar-refractivity contribution in [3.8, 4) is 0 Å². The highest BCUT2D eigenvalue weighted by molar-refractivity contribution is 5.84. The minimum absolute atomic E-state index is 0.602. The molecule has 2 aromatic rings. The van der Waals surface area contributed by atoms with Gasteiger partial charge in [-0.05, 0) is 24.0 Å². The minimum atomic E-state index is 0.602. The Balaban J connectivity index is 1.73. The molecule has 1 aromatic heterocycles. The van der Waals surface area contributed by atoms with Crippen LogP contribution in [0.1, 0.15) is 30.9 Å². The van der Waals surface area contributed by atoms with Crippen LogP contribution in [-0.2, 0) is 7.05 Å². The third-order valence-electron chi connectivity index (χ3n) is 5.13. The summed E-state index contributed by atoms with van der Waals surface area (Å²) < 4.78 is 2.30. The number of nitrogens with zero attached hydrogens (tertiary/aromatic N) is 2. The molecule has 1 aliphatic heterocycles. The fraction of sp³-hybridized carbons (Fsp3) is 0.556. The average Bonchev–Trinajstić information content (AvgIpc) is 3.30. The maximum absolute atomic E-state index is 3.49. The molecule has 112 valence electrons. The summed E-state index contributed by atoms with van der Waals surface area (Å²) in [6.07, 6.45) is 6.59. The SMILES string of the molecule is Cn1cc([C@@H](CC2CC2)N2CCNCC2)c2ccccc21. The van der Waals surface area contributed by atoms with Crippen LogP contribution < -0.4 is 5.32 Å². The zero-order valence-corrected chi connectivity index (χ0v) is 12.9. The summed E-state index contributed by atoms with van der Waals surface area (Å²) in [5.41, 5.74) is 2.91. The van der Waals surface area contributed by atoms with E-state index < -0.39 is 0 Å². The van der Waals surface area contributed by atoms with Crippen molar-refractivity contribution in [2.24, 2.45) is 13.0 Å². The molecule has 1 atom stereocenters. The van der Waals surface area contributed by atoms with Gasteiger partial charge in [0.1, 0.15) is 0 Å². The zero-order valence-electron chi connectivity index (χ0n) is 12.9. The highest BCUT2D eigenvalue weighted by Gasteiger charge is 2.31. The van der Waals surface area contributed by atoms with E-state index in [0.29, 0.717) is 6.04 Å². The van der Waals surface area contributed by atoms with Gasteiger partial charge in [0.2, 0.25) is 0 Å². The lowest BCUT2D eigenvalue weighted by atomic mass is 9.98. The van der Waals surface area contributed by atoms with Gasteiger partial charge in [0.25, 0.3) is 0 Å². The molecule has 0 bridgehead atoms. The van der Waals surface area contributed by atoms with Crippen molar-refractivity contribution in [2.45, 2.75) is 25.3 Å². The lowest BCUT2D eigenvalue weighted by Gasteiger charge is -2.35. The molecule has 0 radical (unpaired) electrons. The van der Waals surface area contributed by atoms with Gasteiger partial charge in [0, 0.05) is 56.4 Å². The Bertz CT molecular complexity index is 620. The number of piperazine rings is 1. The molecule has 0 unspecified atom stereocenters. The van der Waals surface area contributed by atoms with E-state index in [1.54, 1.807) is 5.56 Å². The second-order valence-corrected chi connectivity index (χ2v) is 6.69. The van der Waals surface area contributed by atoms with Crippen LogP contribution in [0.25, 0.3) is 10.9 Å². The molecule has 4 rings (SSSR count). The molecule has 21 heavy (non-hydrogen) atoms. The maximum Gasteiger partial charge on any atom is 0.0481 e. The van der Waals surface area contributed by atoms with Gasteiger partial charge in [0.05, 0.1) is 0 Å². The highest BCUT2D eigenvalue weighted by Crippen LogP contribution is 2.42. The standard InChI is InChI=1S/C18H25N3/c1-20-13-16(15-4-2-3-5-17(15)20)18(12-14-6-7-14)21-10-8-19-9-11-21/h2-5,13-14,18-19H,6-12H2,1H3/t18-/m1/s1. The van der Waals surface area contributed by atoms with Crippen molar-refractivity contribution in [1.82, 2.24) is 14.8 Å². The number of hydrogen-bond acceptors (Lipinski definition) is 2. The Hall–Kier alpha value is -1.32.